The lowest BCUT2D eigenvalue weighted by Gasteiger charge is -2.33. The lowest BCUT2D eigenvalue weighted by molar-refractivity contribution is 0.218. The quantitative estimate of drug-likeness (QED) is 0.814. The minimum atomic E-state index is 0.363. The van der Waals surface area contributed by atoms with Crippen molar-refractivity contribution in [3.8, 4) is 5.75 Å². The Morgan fingerprint density at radius 1 is 1.47 bits per heavy atom. The van der Waals surface area contributed by atoms with Crippen LogP contribution in [-0.2, 0) is 4.74 Å². The van der Waals surface area contributed by atoms with Crippen molar-refractivity contribution in [1.82, 2.24) is 5.32 Å². The largest absolute Gasteiger partial charge is 0.492 e. The maximum absolute atomic E-state index is 5.80. The highest BCUT2D eigenvalue weighted by Crippen LogP contribution is 2.36. The third-order valence-corrected chi connectivity index (χ3v) is 4.20. The summed E-state index contributed by atoms with van der Waals surface area (Å²) in [6.45, 7) is 1.55. The number of nitrogens with one attached hydrogen (secondary N) is 1. The van der Waals surface area contributed by atoms with Gasteiger partial charge in [-0.15, -0.1) is 0 Å². The molecule has 17 heavy (non-hydrogen) atoms. The van der Waals surface area contributed by atoms with Gasteiger partial charge in [-0.1, -0.05) is 18.2 Å². The van der Waals surface area contributed by atoms with Crippen molar-refractivity contribution < 1.29 is 9.47 Å². The van der Waals surface area contributed by atoms with Crippen molar-refractivity contribution in [2.45, 2.75) is 11.3 Å². The van der Waals surface area contributed by atoms with Crippen molar-refractivity contribution >= 4 is 11.8 Å². The summed E-state index contributed by atoms with van der Waals surface area (Å²) in [5.74, 6) is 2.01. The number of thioether (sulfide) groups is 1. The summed E-state index contributed by atoms with van der Waals surface area (Å²) in [5, 5.41) is 3.84. The predicted molar refractivity (Wildman–Crippen MR) is 71.9 cm³/mol. The van der Waals surface area contributed by atoms with Crippen LogP contribution in [0.5, 0.6) is 5.75 Å². The molecular formula is C13H19NO2S. The van der Waals surface area contributed by atoms with Crippen LogP contribution in [0.25, 0.3) is 0 Å². The highest BCUT2D eigenvalue weighted by Gasteiger charge is 2.29. The number of hydrogen-bond donors (Lipinski definition) is 1. The van der Waals surface area contributed by atoms with Gasteiger partial charge in [0, 0.05) is 18.4 Å². The summed E-state index contributed by atoms with van der Waals surface area (Å²) < 4.78 is 10.9. The molecule has 0 saturated carbocycles. The normalized spacial score (nSPS) is 22.9. The van der Waals surface area contributed by atoms with E-state index < -0.39 is 0 Å². The molecule has 0 radical (unpaired) electrons. The second-order valence-electron chi connectivity index (χ2n) is 4.02. The van der Waals surface area contributed by atoms with Gasteiger partial charge in [0.05, 0.1) is 17.9 Å². The average molecular weight is 253 g/mol. The minimum absolute atomic E-state index is 0.363. The van der Waals surface area contributed by atoms with Gasteiger partial charge >= 0.3 is 0 Å². The van der Waals surface area contributed by atoms with Gasteiger partial charge < -0.3 is 14.8 Å². The minimum Gasteiger partial charge on any atom is -0.492 e. The molecule has 0 saturated heterocycles. The lowest BCUT2D eigenvalue weighted by atomic mass is 10.0. The number of methoxy groups -OCH3 is 1. The number of para-hydroxylation sites is 1. The van der Waals surface area contributed by atoms with Gasteiger partial charge in [-0.05, 0) is 13.1 Å². The summed E-state index contributed by atoms with van der Waals surface area (Å²) in [6.07, 6.45) is 0. The number of fused-ring (bicyclic) bond motifs is 1. The van der Waals surface area contributed by atoms with Crippen LogP contribution < -0.4 is 10.1 Å². The van der Waals surface area contributed by atoms with Crippen LogP contribution in [0, 0.1) is 0 Å². The first kappa shape index (κ1) is 12.7. The molecule has 0 aromatic heterocycles. The first-order valence-corrected chi connectivity index (χ1v) is 6.91. The Hall–Kier alpha value is -0.710. The molecule has 1 aliphatic rings. The maximum Gasteiger partial charge on any atom is 0.124 e. The van der Waals surface area contributed by atoms with Gasteiger partial charge in [0.2, 0.25) is 0 Å². The molecular weight excluding hydrogens is 234 g/mol. The number of benzene rings is 1. The summed E-state index contributed by atoms with van der Waals surface area (Å²) in [5.41, 5.74) is 1.26. The molecule has 0 fully saturated rings. The fourth-order valence-corrected chi connectivity index (χ4v) is 3.31. The Labute approximate surface area is 107 Å². The van der Waals surface area contributed by atoms with Crippen LogP contribution in [0.1, 0.15) is 11.6 Å². The number of hydrogen-bond acceptors (Lipinski definition) is 4. The van der Waals surface area contributed by atoms with Gasteiger partial charge in [0.15, 0.2) is 0 Å². The number of ether oxygens (including phenoxy) is 2. The van der Waals surface area contributed by atoms with Crippen LogP contribution in [0.3, 0.4) is 0 Å². The topological polar surface area (TPSA) is 30.5 Å². The molecule has 1 heterocycles. The molecule has 2 unspecified atom stereocenters. The molecule has 2 rings (SSSR count). The van der Waals surface area contributed by atoms with E-state index >= 15 is 0 Å². The maximum atomic E-state index is 5.80. The molecule has 0 amide bonds. The number of rotatable bonds is 5. The van der Waals surface area contributed by atoms with Crippen molar-refractivity contribution in [3.05, 3.63) is 29.8 Å². The SMILES string of the molecule is CNC1c2ccccc2OCC1SCCOC. The molecule has 2 atom stereocenters. The smallest absolute Gasteiger partial charge is 0.124 e. The van der Waals surface area contributed by atoms with E-state index in [0.29, 0.717) is 11.3 Å². The highest BCUT2D eigenvalue weighted by atomic mass is 32.2. The van der Waals surface area contributed by atoms with E-state index in [4.69, 9.17) is 9.47 Å². The van der Waals surface area contributed by atoms with Gasteiger partial charge in [-0.3, -0.25) is 0 Å². The van der Waals surface area contributed by atoms with Crippen LogP contribution in [-0.4, -0.2) is 38.4 Å². The van der Waals surface area contributed by atoms with Crippen LogP contribution in [0.2, 0.25) is 0 Å². The molecule has 0 bridgehead atoms. The molecule has 1 aliphatic heterocycles. The Morgan fingerprint density at radius 2 is 2.29 bits per heavy atom. The summed E-state index contributed by atoms with van der Waals surface area (Å²) in [6, 6.07) is 8.62. The van der Waals surface area contributed by atoms with Gasteiger partial charge in [0.25, 0.3) is 0 Å². The van der Waals surface area contributed by atoms with Crippen molar-refractivity contribution in [2.24, 2.45) is 0 Å². The molecule has 3 nitrogen and oxygen atoms in total. The van der Waals surface area contributed by atoms with Gasteiger partial charge in [0.1, 0.15) is 12.4 Å². The van der Waals surface area contributed by atoms with E-state index in [2.05, 4.69) is 17.4 Å². The first-order valence-electron chi connectivity index (χ1n) is 5.86. The Bertz CT molecular complexity index is 359. The second kappa shape index (κ2) is 6.28. The monoisotopic (exact) mass is 253 g/mol. The highest BCUT2D eigenvalue weighted by molar-refractivity contribution is 8.00. The van der Waals surface area contributed by atoms with Crippen molar-refractivity contribution in [1.29, 1.82) is 0 Å². The fraction of sp³-hybridized carbons (Fsp3) is 0.538. The molecule has 0 aliphatic carbocycles. The Kier molecular flexibility index (Phi) is 4.71. The molecule has 1 N–H and O–H groups in total. The van der Waals surface area contributed by atoms with Crippen LogP contribution in [0.4, 0.5) is 0 Å². The van der Waals surface area contributed by atoms with Crippen LogP contribution in [0.15, 0.2) is 24.3 Å². The standard InChI is InChI=1S/C13H19NO2S/c1-14-13-10-5-3-4-6-11(10)16-9-12(13)17-8-7-15-2/h3-6,12-14H,7-9H2,1-2H3. The predicted octanol–water partition coefficient (Wildman–Crippen LogP) is 2.09. The summed E-state index contributed by atoms with van der Waals surface area (Å²) >= 11 is 1.91. The fourth-order valence-electron chi connectivity index (χ4n) is 2.11. The Morgan fingerprint density at radius 3 is 3.06 bits per heavy atom. The average Bonchev–Trinajstić information content (AvgIpc) is 2.38. The van der Waals surface area contributed by atoms with E-state index in [0.717, 1.165) is 24.7 Å². The summed E-state index contributed by atoms with van der Waals surface area (Å²) in [7, 11) is 3.75. The third-order valence-electron chi connectivity index (χ3n) is 2.96. The molecule has 1 aromatic rings. The zero-order chi connectivity index (χ0) is 12.1. The summed E-state index contributed by atoms with van der Waals surface area (Å²) in [4.78, 5) is 0. The van der Waals surface area contributed by atoms with Crippen molar-refractivity contribution in [2.75, 3.05) is 33.1 Å². The molecule has 94 valence electrons. The zero-order valence-corrected chi connectivity index (χ0v) is 11.1. The van der Waals surface area contributed by atoms with Gasteiger partial charge in [-0.25, -0.2) is 0 Å². The first-order chi connectivity index (χ1) is 8.36. The molecule has 4 heteroatoms. The molecule has 0 spiro atoms. The van der Waals surface area contributed by atoms with Gasteiger partial charge in [-0.2, -0.15) is 11.8 Å². The van der Waals surface area contributed by atoms with Crippen molar-refractivity contribution in [3.63, 3.8) is 0 Å². The second-order valence-corrected chi connectivity index (χ2v) is 5.36. The third kappa shape index (κ3) is 2.94. The molecule has 1 aromatic carbocycles. The van der Waals surface area contributed by atoms with Crippen LogP contribution >= 0.6 is 11.8 Å². The van der Waals surface area contributed by atoms with E-state index in [1.807, 2.05) is 30.9 Å². The van der Waals surface area contributed by atoms with E-state index in [1.165, 1.54) is 5.56 Å². The van der Waals surface area contributed by atoms with E-state index in [1.54, 1.807) is 7.11 Å². The van der Waals surface area contributed by atoms with E-state index in [9.17, 15) is 0 Å². The lowest BCUT2D eigenvalue weighted by Crippen LogP contribution is -2.36. The van der Waals surface area contributed by atoms with E-state index in [-0.39, 0.29) is 0 Å². The zero-order valence-electron chi connectivity index (χ0n) is 10.3. The Balaban J connectivity index is 2.06.